The number of rotatable bonds is 5. The van der Waals surface area contributed by atoms with Crippen molar-refractivity contribution in [2.75, 3.05) is 6.54 Å². The van der Waals surface area contributed by atoms with Gasteiger partial charge in [0.15, 0.2) is 0 Å². The second-order valence-corrected chi connectivity index (χ2v) is 4.43. The Morgan fingerprint density at radius 3 is 2.70 bits per heavy atom. The summed E-state index contributed by atoms with van der Waals surface area (Å²) in [5, 5.41) is 11.4. The fraction of sp³-hybridized carbons (Fsp3) is 0.214. The number of carbonyl (C=O) groups is 2. The summed E-state index contributed by atoms with van der Waals surface area (Å²) in [5.41, 5.74) is 1.19. The van der Waals surface area contributed by atoms with Gasteiger partial charge in [0, 0.05) is 12.2 Å². The zero-order valence-electron chi connectivity index (χ0n) is 11.0. The van der Waals surface area contributed by atoms with Crippen molar-refractivity contribution in [1.82, 2.24) is 14.9 Å². The first-order valence-corrected chi connectivity index (χ1v) is 6.18. The molecule has 2 N–H and O–H groups in total. The highest BCUT2D eigenvalue weighted by molar-refractivity contribution is 5.93. The molecule has 1 atom stereocenters. The Morgan fingerprint density at radius 1 is 1.35 bits per heavy atom. The van der Waals surface area contributed by atoms with Gasteiger partial charge in [-0.25, -0.2) is 4.98 Å². The van der Waals surface area contributed by atoms with Gasteiger partial charge in [-0.15, -0.1) is 0 Å². The molecular formula is C14H15N3O3. The molecule has 0 aliphatic rings. The number of para-hydroxylation sites is 1. The minimum Gasteiger partial charge on any atom is -0.481 e. The molecule has 2 aromatic rings. The van der Waals surface area contributed by atoms with Crippen LogP contribution >= 0.6 is 0 Å². The Bertz CT molecular complexity index is 607. The van der Waals surface area contributed by atoms with Gasteiger partial charge >= 0.3 is 5.97 Å². The number of hydrogen-bond donors (Lipinski definition) is 2. The first-order valence-electron chi connectivity index (χ1n) is 6.18. The molecule has 0 spiro atoms. The van der Waals surface area contributed by atoms with E-state index < -0.39 is 11.9 Å². The van der Waals surface area contributed by atoms with E-state index in [1.807, 2.05) is 30.3 Å². The number of hydrogen-bond acceptors (Lipinski definition) is 3. The molecule has 1 heterocycles. The molecule has 0 radical (unpaired) electrons. The number of amides is 1. The lowest BCUT2D eigenvalue weighted by molar-refractivity contribution is -0.140. The maximum Gasteiger partial charge on any atom is 0.308 e. The first-order chi connectivity index (χ1) is 9.59. The molecule has 0 fully saturated rings. The highest BCUT2D eigenvalue weighted by Crippen LogP contribution is 2.10. The molecule has 0 saturated heterocycles. The number of aromatic nitrogens is 2. The van der Waals surface area contributed by atoms with Gasteiger partial charge in [-0.3, -0.25) is 14.2 Å². The van der Waals surface area contributed by atoms with E-state index in [1.165, 1.54) is 13.1 Å². The molecule has 1 amide bonds. The van der Waals surface area contributed by atoms with Crippen LogP contribution in [0.4, 0.5) is 0 Å². The number of carboxylic acids is 1. The molecule has 1 aromatic heterocycles. The van der Waals surface area contributed by atoms with Crippen LogP contribution in [0.2, 0.25) is 0 Å². The minimum atomic E-state index is -0.943. The lowest BCUT2D eigenvalue weighted by atomic mass is 10.2. The van der Waals surface area contributed by atoms with Crippen LogP contribution in [0, 0.1) is 5.92 Å². The fourth-order valence-electron chi connectivity index (χ4n) is 1.68. The van der Waals surface area contributed by atoms with Crippen molar-refractivity contribution in [1.29, 1.82) is 0 Å². The van der Waals surface area contributed by atoms with Gasteiger partial charge in [0.1, 0.15) is 5.69 Å². The Morgan fingerprint density at radius 2 is 2.05 bits per heavy atom. The molecule has 6 nitrogen and oxygen atoms in total. The van der Waals surface area contributed by atoms with E-state index in [4.69, 9.17) is 5.11 Å². The SMILES string of the molecule is CC(CNC(=O)c1cncn1-c1ccccc1)C(=O)O. The van der Waals surface area contributed by atoms with Crippen molar-refractivity contribution in [3.8, 4) is 5.69 Å². The minimum absolute atomic E-state index is 0.0775. The fourth-order valence-corrected chi connectivity index (χ4v) is 1.68. The van der Waals surface area contributed by atoms with Crippen molar-refractivity contribution in [3.63, 3.8) is 0 Å². The number of imidazole rings is 1. The first kappa shape index (κ1) is 13.8. The summed E-state index contributed by atoms with van der Waals surface area (Å²) in [6.45, 7) is 1.62. The second kappa shape index (κ2) is 6.01. The molecule has 0 aliphatic heterocycles. The number of benzene rings is 1. The predicted octanol–water partition coefficient (Wildman–Crippen LogP) is 1.32. The zero-order chi connectivity index (χ0) is 14.5. The number of nitrogens with zero attached hydrogens (tertiary/aromatic N) is 2. The summed E-state index contributed by atoms with van der Waals surface area (Å²) >= 11 is 0. The molecule has 1 unspecified atom stereocenters. The van der Waals surface area contributed by atoms with Gasteiger partial charge < -0.3 is 10.4 Å². The third kappa shape index (κ3) is 3.03. The lowest BCUT2D eigenvalue weighted by Gasteiger charge is -2.10. The van der Waals surface area contributed by atoms with Gasteiger partial charge in [-0.1, -0.05) is 25.1 Å². The number of carbonyl (C=O) groups excluding carboxylic acids is 1. The van der Waals surface area contributed by atoms with Crippen LogP contribution in [-0.2, 0) is 4.79 Å². The normalized spacial score (nSPS) is 11.8. The molecule has 104 valence electrons. The highest BCUT2D eigenvalue weighted by atomic mass is 16.4. The van der Waals surface area contributed by atoms with Gasteiger partial charge in [0.2, 0.25) is 0 Å². The summed E-state index contributed by atoms with van der Waals surface area (Å²) in [6.07, 6.45) is 3.00. The molecule has 1 aromatic carbocycles. The quantitative estimate of drug-likeness (QED) is 0.860. The molecule has 20 heavy (non-hydrogen) atoms. The van der Waals surface area contributed by atoms with E-state index in [-0.39, 0.29) is 12.5 Å². The maximum absolute atomic E-state index is 12.1. The van der Waals surface area contributed by atoms with Crippen LogP contribution in [0.1, 0.15) is 17.4 Å². The van der Waals surface area contributed by atoms with Gasteiger partial charge in [0.05, 0.1) is 18.4 Å². The van der Waals surface area contributed by atoms with Gasteiger partial charge in [0.25, 0.3) is 5.91 Å². The van der Waals surface area contributed by atoms with Crippen molar-refractivity contribution >= 4 is 11.9 Å². The van der Waals surface area contributed by atoms with E-state index in [1.54, 1.807) is 10.9 Å². The standard InChI is InChI=1S/C14H15N3O3/c1-10(14(19)20)7-16-13(18)12-8-15-9-17(12)11-5-3-2-4-6-11/h2-6,8-10H,7H2,1H3,(H,16,18)(H,19,20). The number of carboxylic acid groups (broad SMARTS) is 1. The van der Waals surface area contributed by atoms with Crippen LogP contribution in [-0.4, -0.2) is 33.1 Å². The third-order valence-electron chi connectivity index (χ3n) is 2.90. The molecule has 2 rings (SSSR count). The summed E-state index contributed by atoms with van der Waals surface area (Å²) in [5.74, 6) is -1.92. The molecule has 0 saturated carbocycles. The third-order valence-corrected chi connectivity index (χ3v) is 2.90. The van der Waals surface area contributed by atoms with Crippen molar-refractivity contribution in [2.45, 2.75) is 6.92 Å². The number of aliphatic carboxylic acids is 1. The average Bonchev–Trinajstić information content (AvgIpc) is 2.94. The Balaban J connectivity index is 2.12. The monoisotopic (exact) mass is 273 g/mol. The Hall–Kier alpha value is -2.63. The zero-order valence-corrected chi connectivity index (χ0v) is 11.0. The summed E-state index contributed by atoms with van der Waals surface area (Å²) in [7, 11) is 0. The highest BCUT2D eigenvalue weighted by Gasteiger charge is 2.16. The predicted molar refractivity (Wildman–Crippen MR) is 72.7 cm³/mol. The van der Waals surface area contributed by atoms with E-state index in [9.17, 15) is 9.59 Å². The maximum atomic E-state index is 12.1. The molecular weight excluding hydrogens is 258 g/mol. The summed E-state index contributed by atoms with van der Waals surface area (Å²) < 4.78 is 1.65. The van der Waals surface area contributed by atoms with E-state index in [0.29, 0.717) is 5.69 Å². The van der Waals surface area contributed by atoms with Crippen molar-refractivity contribution < 1.29 is 14.7 Å². The van der Waals surface area contributed by atoms with Crippen molar-refractivity contribution in [2.24, 2.45) is 5.92 Å². The van der Waals surface area contributed by atoms with Gasteiger partial charge in [-0.2, -0.15) is 0 Å². The van der Waals surface area contributed by atoms with Crippen LogP contribution < -0.4 is 5.32 Å². The molecule has 0 bridgehead atoms. The molecule has 6 heteroatoms. The van der Waals surface area contributed by atoms with Crippen LogP contribution in [0.15, 0.2) is 42.9 Å². The summed E-state index contributed by atoms with van der Waals surface area (Å²) in [4.78, 5) is 26.7. The number of nitrogens with one attached hydrogen (secondary N) is 1. The van der Waals surface area contributed by atoms with E-state index in [2.05, 4.69) is 10.3 Å². The topological polar surface area (TPSA) is 84.2 Å². The Labute approximate surface area is 116 Å². The van der Waals surface area contributed by atoms with Crippen molar-refractivity contribution in [3.05, 3.63) is 48.5 Å². The largest absolute Gasteiger partial charge is 0.481 e. The van der Waals surface area contributed by atoms with Crippen LogP contribution in [0.3, 0.4) is 0 Å². The van der Waals surface area contributed by atoms with Crippen LogP contribution in [0.5, 0.6) is 0 Å². The summed E-state index contributed by atoms with van der Waals surface area (Å²) in [6, 6.07) is 9.33. The van der Waals surface area contributed by atoms with Gasteiger partial charge in [-0.05, 0) is 12.1 Å². The molecule has 0 aliphatic carbocycles. The smallest absolute Gasteiger partial charge is 0.308 e. The van der Waals surface area contributed by atoms with Crippen LogP contribution in [0.25, 0.3) is 5.69 Å². The van der Waals surface area contributed by atoms with E-state index in [0.717, 1.165) is 5.69 Å². The van der Waals surface area contributed by atoms with E-state index >= 15 is 0 Å². The Kier molecular flexibility index (Phi) is 4.14. The lowest BCUT2D eigenvalue weighted by Crippen LogP contribution is -2.32. The second-order valence-electron chi connectivity index (χ2n) is 4.43. The average molecular weight is 273 g/mol.